The molecule has 0 saturated carbocycles. The zero-order valence-corrected chi connectivity index (χ0v) is 13.8. The summed E-state index contributed by atoms with van der Waals surface area (Å²) in [5.74, 6) is 1.10. The van der Waals surface area contributed by atoms with Crippen molar-refractivity contribution in [2.75, 3.05) is 7.11 Å². The molecule has 0 spiro atoms. The topological polar surface area (TPSA) is 44.1 Å². The number of aromatic nitrogens is 2. The molecule has 0 aliphatic heterocycles. The second-order valence-electron chi connectivity index (χ2n) is 4.63. The van der Waals surface area contributed by atoms with Gasteiger partial charge in [-0.2, -0.15) is 0 Å². The second kappa shape index (κ2) is 5.48. The molecule has 4 nitrogen and oxygen atoms in total. The highest BCUT2D eigenvalue weighted by atomic mass is 127. The number of carbonyl (C=O) groups is 1. The fraction of sp³-hybridized carbons (Fsp3) is 0.125. The molecule has 0 saturated heterocycles. The summed E-state index contributed by atoms with van der Waals surface area (Å²) in [5.41, 5.74) is 2.16. The number of methoxy groups -OCH3 is 1. The van der Waals surface area contributed by atoms with E-state index in [0.717, 1.165) is 14.6 Å². The number of imidazole rings is 1. The lowest BCUT2D eigenvalue weighted by molar-refractivity contribution is 0.0959. The van der Waals surface area contributed by atoms with E-state index in [4.69, 9.17) is 4.74 Å². The van der Waals surface area contributed by atoms with Crippen molar-refractivity contribution in [1.82, 2.24) is 9.55 Å². The summed E-state index contributed by atoms with van der Waals surface area (Å²) in [5, 5.41) is 0. The molecule has 0 bridgehead atoms. The summed E-state index contributed by atoms with van der Waals surface area (Å²) < 4.78 is 7.98. The van der Waals surface area contributed by atoms with Crippen molar-refractivity contribution in [1.29, 1.82) is 0 Å². The Kier molecular flexibility index (Phi) is 3.67. The number of hydrogen-bond acceptors (Lipinski definition) is 3. The molecular weight excluding hydrogens is 379 g/mol. The van der Waals surface area contributed by atoms with Crippen molar-refractivity contribution in [3.05, 3.63) is 57.4 Å². The number of nitrogens with zero attached hydrogens (tertiary/aromatic N) is 2. The highest BCUT2D eigenvalue weighted by Crippen LogP contribution is 2.24. The molecule has 0 aliphatic rings. The summed E-state index contributed by atoms with van der Waals surface area (Å²) in [6.07, 6.45) is 0. The Hall–Kier alpha value is -1.89. The molecule has 5 heteroatoms. The van der Waals surface area contributed by atoms with E-state index >= 15 is 0 Å². The zero-order chi connectivity index (χ0) is 15.0. The average Bonchev–Trinajstić information content (AvgIpc) is 2.81. The van der Waals surface area contributed by atoms with Gasteiger partial charge >= 0.3 is 0 Å². The van der Waals surface area contributed by atoms with E-state index in [0.29, 0.717) is 17.1 Å². The first kappa shape index (κ1) is 14.1. The molecule has 106 valence electrons. The fourth-order valence-corrected chi connectivity index (χ4v) is 2.84. The SMILES string of the molecule is COc1ccccc1C(=O)n1c(C)nc2ccc(I)cc21. The molecule has 0 aliphatic carbocycles. The first-order chi connectivity index (χ1) is 10.1. The highest BCUT2D eigenvalue weighted by molar-refractivity contribution is 14.1. The number of halogens is 1. The van der Waals surface area contributed by atoms with Crippen molar-refractivity contribution in [2.45, 2.75) is 6.92 Å². The van der Waals surface area contributed by atoms with Gasteiger partial charge < -0.3 is 4.74 Å². The lowest BCUT2D eigenvalue weighted by atomic mass is 10.2. The summed E-state index contributed by atoms with van der Waals surface area (Å²) >= 11 is 2.23. The van der Waals surface area contributed by atoms with E-state index in [-0.39, 0.29) is 5.91 Å². The quantitative estimate of drug-likeness (QED) is 0.626. The summed E-state index contributed by atoms with van der Waals surface area (Å²) in [6.45, 7) is 1.83. The van der Waals surface area contributed by atoms with Gasteiger partial charge in [0.15, 0.2) is 0 Å². The van der Waals surface area contributed by atoms with Crippen LogP contribution in [0.15, 0.2) is 42.5 Å². The van der Waals surface area contributed by atoms with Gasteiger partial charge in [-0.25, -0.2) is 4.98 Å². The lowest BCUT2D eigenvalue weighted by Gasteiger charge is -2.09. The zero-order valence-electron chi connectivity index (χ0n) is 11.6. The number of aryl methyl sites for hydroxylation is 1. The maximum absolute atomic E-state index is 12.9. The van der Waals surface area contributed by atoms with Gasteiger partial charge in [-0.15, -0.1) is 0 Å². The summed E-state index contributed by atoms with van der Waals surface area (Å²) in [4.78, 5) is 17.3. The van der Waals surface area contributed by atoms with Crippen LogP contribution in [0.25, 0.3) is 11.0 Å². The van der Waals surface area contributed by atoms with Crippen LogP contribution in [-0.2, 0) is 0 Å². The molecule has 0 atom stereocenters. The van der Waals surface area contributed by atoms with Crippen LogP contribution in [0.4, 0.5) is 0 Å². The number of fused-ring (bicyclic) bond motifs is 1. The largest absolute Gasteiger partial charge is 0.496 e. The van der Waals surface area contributed by atoms with E-state index in [2.05, 4.69) is 27.6 Å². The molecule has 3 aromatic rings. The van der Waals surface area contributed by atoms with Crippen LogP contribution in [-0.4, -0.2) is 22.6 Å². The van der Waals surface area contributed by atoms with E-state index < -0.39 is 0 Å². The van der Waals surface area contributed by atoms with Crippen molar-refractivity contribution in [2.24, 2.45) is 0 Å². The molecular formula is C16H13IN2O2. The van der Waals surface area contributed by atoms with Crippen LogP contribution >= 0.6 is 22.6 Å². The molecule has 0 radical (unpaired) electrons. The van der Waals surface area contributed by atoms with E-state index in [1.165, 1.54) is 0 Å². The number of benzene rings is 2. The van der Waals surface area contributed by atoms with Crippen LogP contribution in [0, 0.1) is 10.5 Å². The van der Waals surface area contributed by atoms with Crippen molar-refractivity contribution in [3.63, 3.8) is 0 Å². The molecule has 0 fully saturated rings. The fourth-order valence-electron chi connectivity index (χ4n) is 2.37. The number of rotatable bonds is 2. The van der Waals surface area contributed by atoms with Gasteiger partial charge in [0, 0.05) is 3.57 Å². The molecule has 0 amide bonds. The average molecular weight is 392 g/mol. The third-order valence-electron chi connectivity index (χ3n) is 3.32. The van der Waals surface area contributed by atoms with E-state index in [9.17, 15) is 4.79 Å². The third-order valence-corrected chi connectivity index (χ3v) is 4.00. The van der Waals surface area contributed by atoms with Gasteiger partial charge in [0.05, 0.1) is 23.7 Å². The minimum atomic E-state index is -0.130. The predicted molar refractivity (Wildman–Crippen MR) is 89.9 cm³/mol. The Bertz CT molecular complexity index is 839. The maximum atomic E-state index is 12.9. The summed E-state index contributed by atoms with van der Waals surface area (Å²) in [6, 6.07) is 13.1. The van der Waals surface area contributed by atoms with Crippen LogP contribution in [0.2, 0.25) is 0 Å². The van der Waals surface area contributed by atoms with Crippen LogP contribution in [0.3, 0.4) is 0 Å². The van der Waals surface area contributed by atoms with Crippen LogP contribution < -0.4 is 4.74 Å². The summed E-state index contributed by atoms with van der Waals surface area (Å²) in [7, 11) is 1.56. The van der Waals surface area contributed by atoms with Crippen molar-refractivity contribution in [3.8, 4) is 5.75 Å². The number of carbonyl (C=O) groups excluding carboxylic acids is 1. The Morgan fingerprint density at radius 3 is 2.76 bits per heavy atom. The molecule has 1 heterocycles. The smallest absolute Gasteiger partial charge is 0.267 e. The molecule has 3 rings (SSSR count). The third kappa shape index (κ3) is 2.42. The number of ether oxygens (including phenoxy) is 1. The minimum absolute atomic E-state index is 0.130. The van der Waals surface area contributed by atoms with Gasteiger partial charge in [-0.05, 0) is 59.8 Å². The Balaban J connectivity index is 2.22. The first-order valence-electron chi connectivity index (χ1n) is 6.44. The van der Waals surface area contributed by atoms with Gasteiger partial charge in [-0.3, -0.25) is 9.36 Å². The van der Waals surface area contributed by atoms with Crippen LogP contribution in [0.1, 0.15) is 16.2 Å². The minimum Gasteiger partial charge on any atom is -0.496 e. The van der Waals surface area contributed by atoms with Crippen LogP contribution in [0.5, 0.6) is 5.75 Å². The molecule has 0 N–H and O–H groups in total. The lowest BCUT2D eigenvalue weighted by Crippen LogP contribution is -2.14. The molecule has 0 unspecified atom stereocenters. The Morgan fingerprint density at radius 2 is 2.00 bits per heavy atom. The van der Waals surface area contributed by atoms with Gasteiger partial charge in [0.1, 0.15) is 11.6 Å². The molecule has 1 aromatic heterocycles. The van der Waals surface area contributed by atoms with Gasteiger partial charge in [0.25, 0.3) is 5.91 Å². The van der Waals surface area contributed by atoms with Crippen molar-refractivity contribution >= 4 is 39.5 Å². The van der Waals surface area contributed by atoms with Gasteiger partial charge in [-0.1, -0.05) is 12.1 Å². The highest BCUT2D eigenvalue weighted by Gasteiger charge is 2.19. The Labute approximate surface area is 135 Å². The first-order valence-corrected chi connectivity index (χ1v) is 7.52. The van der Waals surface area contributed by atoms with Crippen molar-refractivity contribution < 1.29 is 9.53 Å². The number of para-hydroxylation sites is 1. The Morgan fingerprint density at radius 1 is 1.24 bits per heavy atom. The molecule has 21 heavy (non-hydrogen) atoms. The standard InChI is InChI=1S/C16H13IN2O2/c1-10-18-13-8-7-11(17)9-14(13)19(10)16(20)12-5-3-4-6-15(12)21-2/h3-9H,1-2H3. The maximum Gasteiger partial charge on any atom is 0.267 e. The molecule has 2 aromatic carbocycles. The monoisotopic (exact) mass is 392 g/mol. The van der Waals surface area contributed by atoms with Gasteiger partial charge in [0.2, 0.25) is 0 Å². The second-order valence-corrected chi connectivity index (χ2v) is 5.88. The normalized spacial score (nSPS) is 10.8. The van der Waals surface area contributed by atoms with E-state index in [1.54, 1.807) is 23.8 Å². The van der Waals surface area contributed by atoms with E-state index in [1.807, 2.05) is 37.3 Å². The predicted octanol–water partition coefficient (Wildman–Crippen LogP) is 3.65. The number of hydrogen-bond donors (Lipinski definition) is 0.